The lowest BCUT2D eigenvalue weighted by Crippen LogP contribution is -2.59. The quantitative estimate of drug-likeness (QED) is 0.767. The molecule has 1 unspecified atom stereocenters. The summed E-state index contributed by atoms with van der Waals surface area (Å²) in [5, 5.41) is 0. The molecule has 0 radical (unpaired) electrons. The van der Waals surface area contributed by atoms with Crippen molar-refractivity contribution in [3.05, 3.63) is 33.7 Å². The van der Waals surface area contributed by atoms with Crippen LogP contribution in [0.15, 0.2) is 17.1 Å². The number of alkyl halides is 3. The summed E-state index contributed by atoms with van der Waals surface area (Å²) in [6, 6.07) is -0.342. The van der Waals surface area contributed by atoms with Crippen LogP contribution < -0.4 is 11.3 Å². The van der Waals surface area contributed by atoms with Crippen molar-refractivity contribution in [1.82, 2.24) is 9.47 Å². The second kappa shape index (κ2) is 7.54. The van der Waals surface area contributed by atoms with Gasteiger partial charge in [0.1, 0.15) is 6.04 Å². The number of carbonyl (C=O) groups is 1. The minimum atomic E-state index is -4.61. The maximum Gasteiger partial charge on any atom is 0.416 e. The maximum absolute atomic E-state index is 13.5. The Morgan fingerprint density at radius 1 is 1.29 bits per heavy atom. The van der Waals surface area contributed by atoms with Crippen LogP contribution in [0.5, 0.6) is 0 Å². The number of halogens is 3. The van der Waals surface area contributed by atoms with Crippen LogP contribution in [0.2, 0.25) is 0 Å². The van der Waals surface area contributed by atoms with Crippen molar-refractivity contribution in [2.75, 3.05) is 19.6 Å². The number of nitrogens with two attached hydrogens (primary N) is 1. The Bertz CT molecular complexity index is 789. The van der Waals surface area contributed by atoms with Gasteiger partial charge in [0.15, 0.2) is 0 Å². The third kappa shape index (κ3) is 4.26. The Labute approximate surface area is 162 Å². The van der Waals surface area contributed by atoms with Crippen LogP contribution >= 0.6 is 0 Å². The summed E-state index contributed by atoms with van der Waals surface area (Å²) >= 11 is 0. The van der Waals surface area contributed by atoms with Crippen molar-refractivity contribution < 1.29 is 18.0 Å². The molecule has 3 rings (SSSR count). The van der Waals surface area contributed by atoms with E-state index >= 15 is 0 Å². The topological polar surface area (TPSA) is 68.3 Å². The zero-order valence-corrected chi connectivity index (χ0v) is 16.4. The van der Waals surface area contributed by atoms with E-state index in [0.717, 1.165) is 17.7 Å². The molecule has 1 aromatic heterocycles. The summed E-state index contributed by atoms with van der Waals surface area (Å²) in [6.45, 7) is 6.11. The van der Waals surface area contributed by atoms with Gasteiger partial charge in [-0.25, -0.2) is 0 Å². The number of hydrogen-bond donors (Lipinski definition) is 1. The molecule has 1 spiro atoms. The molecule has 2 heterocycles. The number of aromatic nitrogens is 1. The largest absolute Gasteiger partial charge is 0.416 e. The van der Waals surface area contributed by atoms with Crippen LogP contribution in [-0.2, 0) is 17.4 Å². The van der Waals surface area contributed by atoms with E-state index in [1.165, 1.54) is 25.5 Å². The van der Waals surface area contributed by atoms with Crippen molar-refractivity contribution in [2.45, 2.75) is 58.2 Å². The maximum atomic E-state index is 13.5. The third-order valence-corrected chi connectivity index (χ3v) is 6.06. The number of pyridine rings is 1. The summed E-state index contributed by atoms with van der Waals surface area (Å²) in [6.07, 6.45) is 0.712. The number of amides is 1. The van der Waals surface area contributed by atoms with E-state index in [-0.39, 0.29) is 17.9 Å². The fourth-order valence-corrected chi connectivity index (χ4v) is 4.44. The monoisotopic (exact) mass is 399 g/mol. The molecule has 1 amide bonds. The molecule has 0 bridgehead atoms. The Hall–Kier alpha value is -1.83. The van der Waals surface area contributed by atoms with Crippen LogP contribution in [0.25, 0.3) is 0 Å². The van der Waals surface area contributed by atoms with Gasteiger partial charge in [0, 0.05) is 31.9 Å². The SMILES string of the molecule is CC(C)CC(C(N)=O)n1cc(CCN2CC3(CCC3)C2)c(C(F)(F)F)cc1=O. The molecule has 1 saturated carbocycles. The van der Waals surface area contributed by atoms with Crippen molar-refractivity contribution in [3.63, 3.8) is 0 Å². The first-order valence-electron chi connectivity index (χ1n) is 9.85. The lowest BCUT2D eigenvalue weighted by atomic mass is 9.63. The summed E-state index contributed by atoms with van der Waals surface area (Å²) in [5.41, 5.74) is 4.11. The van der Waals surface area contributed by atoms with Gasteiger partial charge in [-0.05, 0) is 42.6 Å². The molecule has 0 aromatic carbocycles. The van der Waals surface area contributed by atoms with Gasteiger partial charge in [0.2, 0.25) is 5.91 Å². The van der Waals surface area contributed by atoms with Gasteiger partial charge in [-0.15, -0.1) is 0 Å². The van der Waals surface area contributed by atoms with Crippen LogP contribution in [0.3, 0.4) is 0 Å². The van der Waals surface area contributed by atoms with Gasteiger partial charge >= 0.3 is 6.18 Å². The molecule has 8 heteroatoms. The fourth-order valence-electron chi connectivity index (χ4n) is 4.44. The predicted octanol–water partition coefficient (Wildman–Crippen LogP) is 2.97. The normalized spacial score (nSPS) is 20.1. The number of nitrogens with zero attached hydrogens (tertiary/aromatic N) is 2. The smallest absolute Gasteiger partial charge is 0.368 e. The second-order valence-electron chi connectivity index (χ2n) is 8.82. The summed E-state index contributed by atoms with van der Waals surface area (Å²) < 4.78 is 41.5. The van der Waals surface area contributed by atoms with E-state index in [4.69, 9.17) is 5.73 Å². The second-order valence-corrected chi connectivity index (χ2v) is 8.82. The van der Waals surface area contributed by atoms with E-state index in [2.05, 4.69) is 4.90 Å². The summed E-state index contributed by atoms with van der Waals surface area (Å²) in [4.78, 5) is 26.4. The molecular formula is C20H28F3N3O2. The Balaban J connectivity index is 1.85. The third-order valence-electron chi connectivity index (χ3n) is 6.06. The average molecular weight is 399 g/mol. The van der Waals surface area contributed by atoms with Crippen molar-refractivity contribution in [2.24, 2.45) is 17.1 Å². The van der Waals surface area contributed by atoms with Gasteiger partial charge in [-0.3, -0.25) is 9.59 Å². The van der Waals surface area contributed by atoms with Gasteiger partial charge in [-0.2, -0.15) is 13.2 Å². The minimum Gasteiger partial charge on any atom is -0.368 e. The molecule has 5 nitrogen and oxygen atoms in total. The summed E-state index contributed by atoms with van der Waals surface area (Å²) in [7, 11) is 0. The summed E-state index contributed by atoms with van der Waals surface area (Å²) in [5.74, 6) is -0.647. The first kappa shape index (κ1) is 20.9. The van der Waals surface area contributed by atoms with Crippen LogP contribution in [0.1, 0.15) is 56.7 Å². The van der Waals surface area contributed by atoms with E-state index in [0.29, 0.717) is 24.4 Å². The lowest BCUT2D eigenvalue weighted by molar-refractivity contribution is -0.138. The van der Waals surface area contributed by atoms with E-state index in [9.17, 15) is 22.8 Å². The van der Waals surface area contributed by atoms with E-state index in [1.54, 1.807) is 0 Å². The van der Waals surface area contributed by atoms with Gasteiger partial charge in [0.25, 0.3) is 5.56 Å². The fraction of sp³-hybridized carbons (Fsp3) is 0.700. The first-order chi connectivity index (χ1) is 13.0. The highest BCUT2D eigenvalue weighted by Crippen LogP contribution is 2.48. The average Bonchev–Trinajstić information content (AvgIpc) is 2.49. The molecule has 2 fully saturated rings. The van der Waals surface area contributed by atoms with Crippen molar-refractivity contribution in [3.8, 4) is 0 Å². The standard InChI is InChI=1S/C20H28F3N3O2/c1-13(2)8-16(18(24)28)26-10-14(15(9-17(26)27)20(21,22)23)4-7-25-11-19(12-25)5-3-6-19/h9-10,13,16H,3-8,11-12H2,1-2H3,(H2,24,28). The number of hydrogen-bond acceptors (Lipinski definition) is 3. The van der Waals surface area contributed by atoms with Gasteiger partial charge in [-0.1, -0.05) is 20.3 Å². The molecule has 1 saturated heterocycles. The highest BCUT2D eigenvalue weighted by atomic mass is 19.4. The number of primary amides is 1. The van der Waals surface area contributed by atoms with Crippen LogP contribution in [-0.4, -0.2) is 35.0 Å². The first-order valence-corrected chi connectivity index (χ1v) is 9.85. The molecule has 1 atom stereocenters. The predicted molar refractivity (Wildman–Crippen MR) is 99.8 cm³/mol. The van der Waals surface area contributed by atoms with E-state index in [1.807, 2.05) is 13.8 Å². The Morgan fingerprint density at radius 3 is 2.39 bits per heavy atom. The highest BCUT2D eigenvalue weighted by Gasteiger charge is 2.46. The molecule has 156 valence electrons. The lowest BCUT2D eigenvalue weighted by Gasteiger charge is -2.56. The molecule has 1 aromatic rings. The van der Waals surface area contributed by atoms with E-state index < -0.39 is 29.2 Å². The van der Waals surface area contributed by atoms with Crippen molar-refractivity contribution in [1.29, 1.82) is 0 Å². The van der Waals surface area contributed by atoms with Gasteiger partial charge < -0.3 is 15.2 Å². The minimum absolute atomic E-state index is 0.0386. The Kier molecular flexibility index (Phi) is 5.62. The Morgan fingerprint density at radius 2 is 1.93 bits per heavy atom. The van der Waals surface area contributed by atoms with Crippen LogP contribution in [0, 0.1) is 11.3 Å². The highest BCUT2D eigenvalue weighted by molar-refractivity contribution is 5.78. The van der Waals surface area contributed by atoms with Crippen molar-refractivity contribution >= 4 is 5.91 Å². The zero-order valence-electron chi connectivity index (χ0n) is 16.4. The molecule has 1 aliphatic heterocycles. The molecule has 2 aliphatic rings. The number of likely N-dealkylation sites (tertiary alicyclic amines) is 1. The molecule has 1 aliphatic carbocycles. The van der Waals surface area contributed by atoms with Gasteiger partial charge in [0.05, 0.1) is 5.56 Å². The van der Waals surface area contributed by atoms with Crippen LogP contribution in [0.4, 0.5) is 13.2 Å². The number of carbonyl (C=O) groups excluding carboxylic acids is 1. The molecular weight excluding hydrogens is 371 g/mol. The zero-order chi connectivity index (χ0) is 20.7. The molecule has 28 heavy (non-hydrogen) atoms. The number of rotatable bonds is 7. The molecule has 2 N–H and O–H groups in total.